The Hall–Kier alpha value is -1.93. The van der Waals surface area contributed by atoms with Gasteiger partial charge in [0.1, 0.15) is 5.75 Å². The molecule has 3 N–H and O–H groups in total. The Balaban J connectivity index is 1.60. The number of aromatic hydroxyl groups is 1. The third kappa shape index (κ3) is 8.74. The molecule has 1 aliphatic carbocycles. The monoisotopic (exact) mass is 477 g/mol. The van der Waals surface area contributed by atoms with Gasteiger partial charge in [-0.2, -0.15) is 12.6 Å². The predicted molar refractivity (Wildman–Crippen MR) is 134 cm³/mol. The SMILES string of the molecule is O=C(N[C@H](CCS)CNc1ccc(O)cc1)[C@@H](CC(=O)N1CCOCC1)CC1CCCCC1. The maximum Gasteiger partial charge on any atom is 0.223 e. The zero-order valence-electron chi connectivity index (χ0n) is 19.5. The Morgan fingerprint density at radius 1 is 1.12 bits per heavy atom. The lowest BCUT2D eigenvalue weighted by Crippen LogP contribution is -2.46. The van der Waals surface area contributed by atoms with E-state index >= 15 is 0 Å². The number of hydrogen-bond donors (Lipinski definition) is 4. The van der Waals surface area contributed by atoms with Crippen LogP contribution in [0.25, 0.3) is 0 Å². The topological polar surface area (TPSA) is 90.9 Å². The molecule has 0 unspecified atom stereocenters. The molecule has 8 heteroatoms. The number of nitrogens with zero attached hydrogens (tertiary/aromatic N) is 1. The van der Waals surface area contributed by atoms with Gasteiger partial charge >= 0.3 is 0 Å². The van der Waals surface area contributed by atoms with Gasteiger partial charge in [-0.15, -0.1) is 0 Å². The van der Waals surface area contributed by atoms with Crippen LogP contribution in [0.1, 0.15) is 51.4 Å². The molecule has 2 amide bonds. The Bertz CT molecular complexity index is 734. The van der Waals surface area contributed by atoms with Crippen LogP contribution in [0.15, 0.2) is 24.3 Å². The van der Waals surface area contributed by atoms with E-state index in [9.17, 15) is 14.7 Å². The second kappa shape index (κ2) is 13.7. The number of amides is 2. The minimum Gasteiger partial charge on any atom is -0.508 e. The van der Waals surface area contributed by atoms with Gasteiger partial charge in [-0.1, -0.05) is 32.1 Å². The standard InChI is InChI=1S/C25H39N3O4S/c29-23-8-6-21(7-9-23)26-18-22(10-15-33)27-25(31)20(16-19-4-2-1-3-5-19)17-24(30)28-11-13-32-14-12-28/h6-9,19-20,22,26,29,33H,1-5,10-18H2,(H,27,31)/t20-,22-/m1/s1. The minimum atomic E-state index is -0.306. The van der Waals surface area contributed by atoms with Gasteiger partial charge in [0.05, 0.1) is 13.2 Å². The second-order valence-electron chi connectivity index (χ2n) is 9.28. The van der Waals surface area contributed by atoms with E-state index in [0.717, 1.165) is 31.4 Å². The number of carbonyl (C=O) groups is 2. The van der Waals surface area contributed by atoms with E-state index in [2.05, 4.69) is 23.3 Å². The zero-order chi connectivity index (χ0) is 23.5. The summed E-state index contributed by atoms with van der Waals surface area (Å²) in [6.45, 7) is 2.91. The van der Waals surface area contributed by atoms with E-state index in [1.807, 2.05) is 17.0 Å². The zero-order valence-corrected chi connectivity index (χ0v) is 20.4. The largest absolute Gasteiger partial charge is 0.508 e. The smallest absolute Gasteiger partial charge is 0.223 e. The average Bonchev–Trinajstić information content (AvgIpc) is 2.84. The maximum atomic E-state index is 13.4. The van der Waals surface area contributed by atoms with Gasteiger partial charge in [-0.25, -0.2) is 0 Å². The third-order valence-corrected chi connectivity index (χ3v) is 7.00. The Labute approximate surface area is 203 Å². The maximum absolute atomic E-state index is 13.4. The lowest BCUT2D eigenvalue weighted by molar-refractivity contribution is -0.140. The summed E-state index contributed by atoms with van der Waals surface area (Å²) in [5, 5.41) is 16.0. The first-order valence-electron chi connectivity index (χ1n) is 12.3. The van der Waals surface area contributed by atoms with Gasteiger partial charge in [0.15, 0.2) is 0 Å². The van der Waals surface area contributed by atoms with Crippen molar-refractivity contribution in [2.24, 2.45) is 11.8 Å². The van der Waals surface area contributed by atoms with Crippen LogP contribution in [0.5, 0.6) is 5.75 Å². The summed E-state index contributed by atoms with van der Waals surface area (Å²) < 4.78 is 5.37. The van der Waals surface area contributed by atoms with Gasteiger partial charge < -0.3 is 25.4 Å². The van der Waals surface area contributed by atoms with Crippen molar-refractivity contribution in [1.82, 2.24) is 10.2 Å². The fraction of sp³-hybridized carbons (Fsp3) is 0.680. The van der Waals surface area contributed by atoms with E-state index < -0.39 is 0 Å². The van der Waals surface area contributed by atoms with Gasteiger partial charge in [0, 0.05) is 43.7 Å². The number of ether oxygens (including phenoxy) is 1. The molecule has 0 radical (unpaired) electrons. The average molecular weight is 478 g/mol. The lowest BCUT2D eigenvalue weighted by Gasteiger charge is -2.31. The number of rotatable bonds is 11. The molecular weight excluding hydrogens is 438 g/mol. The van der Waals surface area contributed by atoms with Crippen molar-refractivity contribution in [3.63, 3.8) is 0 Å². The molecule has 7 nitrogen and oxygen atoms in total. The minimum absolute atomic E-state index is 0.0264. The number of benzene rings is 1. The number of phenolic OH excluding ortho intramolecular Hbond substituents is 1. The van der Waals surface area contributed by atoms with E-state index in [1.165, 1.54) is 19.3 Å². The Morgan fingerprint density at radius 2 is 1.82 bits per heavy atom. The molecule has 0 spiro atoms. The Kier molecular flexibility index (Phi) is 10.7. The van der Waals surface area contributed by atoms with Crippen molar-refractivity contribution in [3.8, 4) is 5.75 Å². The summed E-state index contributed by atoms with van der Waals surface area (Å²) in [6, 6.07) is 6.79. The highest BCUT2D eigenvalue weighted by atomic mass is 32.1. The molecule has 1 saturated carbocycles. The van der Waals surface area contributed by atoms with Gasteiger partial charge in [0.25, 0.3) is 0 Å². The van der Waals surface area contributed by atoms with Gasteiger partial charge in [-0.3, -0.25) is 9.59 Å². The van der Waals surface area contributed by atoms with E-state index in [4.69, 9.17) is 4.74 Å². The molecule has 2 aliphatic rings. The van der Waals surface area contributed by atoms with Crippen LogP contribution in [0, 0.1) is 11.8 Å². The molecule has 33 heavy (non-hydrogen) atoms. The molecule has 0 aromatic heterocycles. The predicted octanol–water partition coefficient (Wildman–Crippen LogP) is 3.44. The first-order valence-corrected chi connectivity index (χ1v) is 13.0. The summed E-state index contributed by atoms with van der Waals surface area (Å²) >= 11 is 4.37. The molecule has 1 saturated heterocycles. The first kappa shape index (κ1) is 25.7. The number of nitrogens with one attached hydrogen (secondary N) is 2. The molecule has 3 rings (SSSR count). The third-order valence-electron chi connectivity index (χ3n) is 6.74. The van der Waals surface area contributed by atoms with E-state index in [1.54, 1.807) is 12.1 Å². The fourth-order valence-corrected chi connectivity index (χ4v) is 5.09. The van der Waals surface area contributed by atoms with Crippen molar-refractivity contribution >= 4 is 30.1 Å². The van der Waals surface area contributed by atoms with Gasteiger partial charge in [-0.05, 0) is 48.8 Å². The molecule has 1 aromatic carbocycles. The Morgan fingerprint density at radius 3 is 2.48 bits per heavy atom. The van der Waals surface area contributed by atoms with Crippen LogP contribution < -0.4 is 10.6 Å². The number of carbonyl (C=O) groups excluding carboxylic acids is 2. The van der Waals surface area contributed by atoms with Crippen molar-refractivity contribution in [1.29, 1.82) is 0 Å². The number of morpholine rings is 1. The summed E-state index contributed by atoms with van der Waals surface area (Å²) in [6.07, 6.45) is 7.78. The number of phenols is 1. The molecule has 2 atom stereocenters. The lowest BCUT2D eigenvalue weighted by atomic mass is 9.81. The van der Waals surface area contributed by atoms with Crippen molar-refractivity contribution in [2.75, 3.05) is 43.9 Å². The molecule has 1 aliphatic heterocycles. The highest BCUT2D eigenvalue weighted by molar-refractivity contribution is 7.80. The van der Waals surface area contributed by atoms with Crippen molar-refractivity contribution < 1.29 is 19.4 Å². The molecule has 2 fully saturated rings. The summed E-state index contributed by atoms with van der Waals surface area (Å²) in [5.74, 6) is 1.12. The molecule has 0 bridgehead atoms. The number of hydrogen-bond acceptors (Lipinski definition) is 6. The van der Waals surface area contributed by atoms with Crippen LogP contribution in [0.4, 0.5) is 5.69 Å². The summed E-state index contributed by atoms with van der Waals surface area (Å²) in [5.41, 5.74) is 0.882. The number of anilines is 1. The molecule has 184 valence electrons. The second-order valence-corrected chi connectivity index (χ2v) is 9.73. The van der Waals surface area contributed by atoms with Crippen molar-refractivity contribution in [3.05, 3.63) is 24.3 Å². The summed E-state index contributed by atoms with van der Waals surface area (Å²) in [4.78, 5) is 28.2. The van der Waals surface area contributed by atoms with Crippen LogP contribution >= 0.6 is 12.6 Å². The normalized spacial score (nSPS) is 19.0. The number of thiol groups is 1. The van der Waals surface area contributed by atoms with Crippen LogP contribution in [-0.4, -0.2) is 66.5 Å². The highest BCUT2D eigenvalue weighted by Crippen LogP contribution is 2.30. The van der Waals surface area contributed by atoms with Crippen LogP contribution in [0.2, 0.25) is 0 Å². The molecule has 1 aromatic rings. The molecular formula is C25H39N3O4S. The highest BCUT2D eigenvalue weighted by Gasteiger charge is 2.30. The fourth-order valence-electron chi connectivity index (χ4n) is 4.78. The van der Waals surface area contributed by atoms with Crippen LogP contribution in [-0.2, 0) is 14.3 Å². The molecule has 1 heterocycles. The van der Waals surface area contributed by atoms with Crippen molar-refractivity contribution in [2.45, 2.75) is 57.4 Å². The van der Waals surface area contributed by atoms with E-state index in [0.29, 0.717) is 44.5 Å². The van der Waals surface area contributed by atoms with Crippen LogP contribution in [0.3, 0.4) is 0 Å². The quantitative estimate of drug-likeness (QED) is 0.290. The van der Waals surface area contributed by atoms with Gasteiger partial charge in [0.2, 0.25) is 11.8 Å². The first-order chi connectivity index (χ1) is 16.0. The summed E-state index contributed by atoms with van der Waals surface area (Å²) in [7, 11) is 0. The van der Waals surface area contributed by atoms with E-state index in [-0.39, 0.29) is 35.9 Å².